The molecule has 1 aliphatic rings. The van der Waals surface area contributed by atoms with Gasteiger partial charge in [0.15, 0.2) is 17.3 Å². The standard InChI is InChI=1S/C21H14FN3O3/c22-15-6-4-14(5-7-15)20-21(24-10-2-1-3-19(24)23-20)25(12-26)16-8-9-17-18(11-16)28-13-27-17/h1-12H,13H2. The summed E-state index contributed by atoms with van der Waals surface area (Å²) in [6.45, 7) is 0.149. The first-order valence-corrected chi connectivity index (χ1v) is 8.62. The van der Waals surface area contributed by atoms with Gasteiger partial charge in [0.25, 0.3) is 0 Å². The smallest absolute Gasteiger partial charge is 0.231 e. The summed E-state index contributed by atoms with van der Waals surface area (Å²) in [5.74, 6) is 1.42. The van der Waals surface area contributed by atoms with Gasteiger partial charge in [-0.2, -0.15) is 0 Å². The fraction of sp³-hybridized carbons (Fsp3) is 0.0476. The van der Waals surface area contributed by atoms with Gasteiger partial charge in [-0.15, -0.1) is 0 Å². The summed E-state index contributed by atoms with van der Waals surface area (Å²) >= 11 is 0. The maximum Gasteiger partial charge on any atom is 0.231 e. The van der Waals surface area contributed by atoms with Crippen LogP contribution in [0, 0.1) is 5.82 Å². The van der Waals surface area contributed by atoms with Crippen molar-refractivity contribution in [1.82, 2.24) is 9.38 Å². The van der Waals surface area contributed by atoms with Crippen LogP contribution in [0.4, 0.5) is 15.9 Å². The van der Waals surface area contributed by atoms with Crippen molar-refractivity contribution in [2.24, 2.45) is 0 Å². The van der Waals surface area contributed by atoms with Crippen molar-refractivity contribution in [3.63, 3.8) is 0 Å². The number of halogens is 1. The van der Waals surface area contributed by atoms with E-state index in [1.165, 1.54) is 17.0 Å². The Hall–Kier alpha value is -3.87. The highest BCUT2D eigenvalue weighted by atomic mass is 19.1. The molecule has 0 bridgehead atoms. The number of ether oxygens (including phenoxy) is 2. The van der Waals surface area contributed by atoms with E-state index in [2.05, 4.69) is 4.98 Å². The Bertz CT molecular complexity index is 1190. The second-order valence-electron chi connectivity index (χ2n) is 6.23. The molecular formula is C21H14FN3O3. The average molecular weight is 375 g/mol. The summed E-state index contributed by atoms with van der Waals surface area (Å²) < 4.78 is 26.0. The third kappa shape index (κ3) is 2.56. The van der Waals surface area contributed by atoms with E-state index in [1.807, 2.05) is 28.8 Å². The number of pyridine rings is 1. The number of hydrogen-bond acceptors (Lipinski definition) is 4. The number of imidazole rings is 1. The molecule has 0 N–H and O–H groups in total. The molecule has 3 heterocycles. The lowest BCUT2D eigenvalue weighted by molar-refractivity contribution is -0.106. The highest BCUT2D eigenvalue weighted by Crippen LogP contribution is 2.40. The molecule has 0 radical (unpaired) electrons. The van der Waals surface area contributed by atoms with E-state index in [0.717, 1.165) is 6.41 Å². The summed E-state index contributed by atoms with van der Waals surface area (Å²) in [6.07, 6.45) is 2.55. The SMILES string of the molecule is O=CN(c1ccc2c(c1)OCO2)c1c(-c2ccc(F)cc2)nc2ccccn12. The van der Waals surface area contributed by atoms with E-state index in [-0.39, 0.29) is 12.6 Å². The zero-order valence-electron chi connectivity index (χ0n) is 14.6. The van der Waals surface area contributed by atoms with Crippen LogP contribution in [0.5, 0.6) is 11.5 Å². The molecule has 4 aromatic rings. The number of nitrogens with zero attached hydrogens (tertiary/aromatic N) is 3. The third-order valence-corrected chi connectivity index (χ3v) is 4.59. The molecule has 1 aliphatic heterocycles. The minimum Gasteiger partial charge on any atom is -0.454 e. The van der Waals surface area contributed by atoms with Crippen LogP contribution in [-0.4, -0.2) is 22.6 Å². The molecule has 0 fully saturated rings. The van der Waals surface area contributed by atoms with Gasteiger partial charge >= 0.3 is 0 Å². The van der Waals surface area contributed by atoms with Crippen molar-refractivity contribution in [1.29, 1.82) is 0 Å². The molecule has 0 spiro atoms. The van der Waals surface area contributed by atoms with Crippen LogP contribution in [0.25, 0.3) is 16.9 Å². The lowest BCUT2D eigenvalue weighted by atomic mass is 10.1. The zero-order valence-corrected chi connectivity index (χ0v) is 14.6. The fourth-order valence-electron chi connectivity index (χ4n) is 3.28. The normalized spacial score (nSPS) is 12.3. The fourth-order valence-corrected chi connectivity index (χ4v) is 3.28. The quantitative estimate of drug-likeness (QED) is 0.503. The maximum atomic E-state index is 13.4. The number of fused-ring (bicyclic) bond motifs is 2. The Balaban J connectivity index is 1.73. The van der Waals surface area contributed by atoms with Crippen molar-refractivity contribution in [3.05, 3.63) is 72.7 Å². The first-order chi connectivity index (χ1) is 13.7. The molecule has 0 saturated carbocycles. The summed E-state index contributed by atoms with van der Waals surface area (Å²) in [7, 11) is 0. The molecule has 2 aromatic carbocycles. The van der Waals surface area contributed by atoms with Gasteiger partial charge in [-0.3, -0.25) is 14.1 Å². The van der Waals surface area contributed by atoms with E-state index in [9.17, 15) is 9.18 Å². The molecule has 28 heavy (non-hydrogen) atoms. The molecule has 0 saturated heterocycles. The lowest BCUT2D eigenvalue weighted by Gasteiger charge is -2.19. The number of carbonyl (C=O) groups is 1. The van der Waals surface area contributed by atoms with Crippen LogP contribution < -0.4 is 14.4 Å². The minimum atomic E-state index is -0.336. The predicted molar refractivity (Wildman–Crippen MR) is 101 cm³/mol. The van der Waals surface area contributed by atoms with Crippen molar-refractivity contribution >= 4 is 23.6 Å². The number of amides is 1. The lowest BCUT2D eigenvalue weighted by Crippen LogP contribution is -2.17. The molecule has 0 unspecified atom stereocenters. The summed E-state index contributed by atoms with van der Waals surface area (Å²) in [4.78, 5) is 18.3. The molecule has 138 valence electrons. The van der Waals surface area contributed by atoms with E-state index < -0.39 is 0 Å². The van der Waals surface area contributed by atoms with Gasteiger partial charge in [-0.05, 0) is 48.5 Å². The van der Waals surface area contributed by atoms with Gasteiger partial charge in [0.1, 0.15) is 17.2 Å². The molecule has 0 aliphatic carbocycles. The van der Waals surface area contributed by atoms with Crippen LogP contribution in [0.15, 0.2) is 66.9 Å². The molecule has 5 rings (SSSR count). The molecule has 7 heteroatoms. The van der Waals surface area contributed by atoms with Gasteiger partial charge in [-0.25, -0.2) is 9.37 Å². The van der Waals surface area contributed by atoms with Crippen LogP contribution in [0.3, 0.4) is 0 Å². The van der Waals surface area contributed by atoms with Crippen molar-refractivity contribution in [2.45, 2.75) is 0 Å². The van der Waals surface area contributed by atoms with E-state index in [0.29, 0.717) is 39.9 Å². The topological polar surface area (TPSA) is 56.1 Å². The highest BCUT2D eigenvalue weighted by Gasteiger charge is 2.23. The highest BCUT2D eigenvalue weighted by molar-refractivity contribution is 5.93. The Morgan fingerprint density at radius 1 is 1.04 bits per heavy atom. The van der Waals surface area contributed by atoms with Gasteiger partial charge in [0, 0.05) is 17.8 Å². The average Bonchev–Trinajstić information content (AvgIpc) is 3.34. The summed E-state index contributed by atoms with van der Waals surface area (Å²) in [5, 5.41) is 0. The Morgan fingerprint density at radius 2 is 1.86 bits per heavy atom. The second-order valence-corrected chi connectivity index (χ2v) is 6.23. The molecule has 1 amide bonds. The van der Waals surface area contributed by atoms with Gasteiger partial charge in [0.05, 0.1) is 5.69 Å². The largest absolute Gasteiger partial charge is 0.454 e. The van der Waals surface area contributed by atoms with E-state index in [4.69, 9.17) is 9.47 Å². The zero-order chi connectivity index (χ0) is 19.1. The predicted octanol–water partition coefficient (Wildman–Crippen LogP) is 4.16. The second kappa shape index (κ2) is 6.38. The van der Waals surface area contributed by atoms with Gasteiger partial charge in [-0.1, -0.05) is 6.07 Å². The Labute approximate surface area is 159 Å². The number of benzene rings is 2. The van der Waals surface area contributed by atoms with E-state index in [1.54, 1.807) is 30.3 Å². The van der Waals surface area contributed by atoms with Crippen LogP contribution in [-0.2, 0) is 4.79 Å². The molecule has 2 aromatic heterocycles. The van der Waals surface area contributed by atoms with Crippen LogP contribution in [0.2, 0.25) is 0 Å². The van der Waals surface area contributed by atoms with Crippen molar-refractivity contribution < 1.29 is 18.7 Å². The number of anilines is 2. The van der Waals surface area contributed by atoms with Crippen molar-refractivity contribution in [2.75, 3.05) is 11.7 Å². The minimum absolute atomic E-state index is 0.149. The number of hydrogen-bond donors (Lipinski definition) is 0. The first-order valence-electron chi connectivity index (χ1n) is 8.62. The molecule has 0 atom stereocenters. The van der Waals surface area contributed by atoms with Gasteiger partial charge in [0.2, 0.25) is 13.2 Å². The van der Waals surface area contributed by atoms with Crippen LogP contribution >= 0.6 is 0 Å². The van der Waals surface area contributed by atoms with Crippen LogP contribution in [0.1, 0.15) is 0 Å². The number of rotatable bonds is 4. The molecular weight excluding hydrogens is 361 g/mol. The summed E-state index contributed by atoms with van der Waals surface area (Å²) in [5.41, 5.74) is 2.54. The first kappa shape index (κ1) is 16.3. The van der Waals surface area contributed by atoms with Gasteiger partial charge < -0.3 is 9.47 Å². The molecule has 6 nitrogen and oxygen atoms in total. The monoisotopic (exact) mass is 375 g/mol. The van der Waals surface area contributed by atoms with Crippen molar-refractivity contribution in [3.8, 4) is 22.8 Å². The Morgan fingerprint density at radius 3 is 2.68 bits per heavy atom. The maximum absolute atomic E-state index is 13.4. The number of aromatic nitrogens is 2. The Kier molecular flexibility index (Phi) is 3.72. The third-order valence-electron chi connectivity index (χ3n) is 4.59. The summed E-state index contributed by atoms with van der Waals surface area (Å²) in [6, 6.07) is 16.9. The number of carbonyl (C=O) groups excluding carboxylic acids is 1. The van der Waals surface area contributed by atoms with E-state index >= 15 is 0 Å².